The van der Waals surface area contributed by atoms with Gasteiger partial charge in [0.1, 0.15) is 5.52 Å². The van der Waals surface area contributed by atoms with E-state index in [1.807, 2.05) is 23.4 Å². The fourth-order valence-corrected chi connectivity index (χ4v) is 4.30. The highest BCUT2D eigenvalue weighted by Crippen LogP contribution is 2.37. The van der Waals surface area contributed by atoms with E-state index in [9.17, 15) is 4.79 Å². The summed E-state index contributed by atoms with van der Waals surface area (Å²) in [5, 5.41) is 18.3. The van der Waals surface area contributed by atoms with Gasteiger partial charge in [-0.2, -0.15) is 10.2 Å². The van der Waals surface area contributed by atoms with Crippen molar-refractivity contribution >= 4 is 33.4 Å². The quantitative estimate of drug-likeness (QED) is 0.536. The summed E-state index contributed by atoms with van der Waals surface area (Å²) >= 11 is 0. The van der Waals surface area contributed by atoms with Crippen molar-refractivity contribution < 1.29 is 4.79 Å². The molecule has 0 spiro atoms. The summed E-state index contributed by atoms with van der Waals surface area (Å²) in [5.74, 6) is -0.0154. The van der Waals surface area contributed by atoms with E-state index in [1.54, 1.807) is 0 Å². The van der Waals surface area contributed by atoms with E-state index < -0.39 is 0 Å². The van der Waals surface area contributed by atoms with Crippen molar-refractivity contribution in [2.45, 2.75) is 6.92 Å². The Kier molecular flexibility index (Phi) is 4.43. The summed E-state index contributed by atoms with van der Waals surface area (Å²) in [4.78, 5) is 16.0. The Hall–Kier alpha value is -3.74. The third kappa shape index (κ3) is 2.90. The molecule has 1 aliphatic rings. The first kappa shape index (κ1) is 18.3. The lowest BCUT2D eigenvalue weighted by Gasteiger charge is -2.35. The number of carbonyl (C=O) groups excluding carboxylic acids is 1. The number of aryl methyl sites for hydroxylation is 1. The Morgan fingerprint density at radius 3 is 2.73 bits per heavy atom. The molecule has 7 nitrogen and oxygen atoms in total. The molecule has 150 valence electrons. The number of hydrogen-bond donors (Lipinski definition) is 1. The number of carbonyl (C=O) groups is 1. The maximum Gasteiger partial charge on any atom is 0.246 e. The summed E-state index contributed by atoms with van der Waals surface area (Å²) in [7, 11) is 0. The molecule has 0 atom stereocenters. The molecule has 1 fully saturated rings. The molecule has 1 N–H and O–H groups in total. The average Bonchev–Trinajstić information content (AvgIpc) is 3.27. The fraction of sp³-hybridized carbons (Fsp3) is 0.217. The van der Waals surface area contributed by atoms with E-state index in [1.165, 1.54) is 11.6 Å². The smallest absolute Gasteiger partial charge is 0.246 e. The van der Waals surface area contributed by atoms with Crippen molar-refractivity contribution in [1.82, 2.24) is 25.3 Å². The Morgan fingerprint density at radius 1 is 1.10 bits per heavy atom. The number of benzene rings is 2. The maximum absolute atomic E-state index is 11.9. The van der Waals surface area contributed by atoms with E-state index in [-0.39, 0.29) is 5.91 Å². The van der Waals surface area contributed by atoms with E-state index in [4.69, 9.17) is 0 Å². The zero-order valence-corrected chi connectivity index (χ0v) is 16.8. The third-order valence-electron chi connectivity index (χ3n) is 5.86. The molecule has 7 heteroatoms. The highest BCUT2D eigenvalue weighted by atomic mass is 16.2. The Labute approximate surface area is 174 Å². The van der Waals surface area contributed by atoms with Gasteiger partial charge in [0.2, 0.25) is 5.91 Å². The molecule has 0 aliphatic carbocycles. The molecular weight excluding hydrogens is 376 g/mol. The van der Waals surface area contributed by atoms with Crippen LogP contribution in [0.15, 0.2) is 55.4 Å². The topological polar surface area (TPSA) is 78.0 Å². The number of nitrogens with zero attached hydrogens (tertiary/aromatic N) is 5. The molecule has 2 aromatic carbocycles. The molecule has 2 aromatic heterocycles. The first-order valence-corrected chi connectivity index (χ1v) is 10.0. The molecule has 0 bridgehead atoms. The van der Waals surface area contributed by atoms with Crippen LogP contribution in [0, 0.1) is 6.92 Å². The van der Waals surface area contributed by atoms with Gasteiger partial charge in [-0.15, -0.1) is 5.10 Å². The van der Waals surface area contributed by atoms with Gasteiger partial charge in [0.15, 0.2) is 0 Å². The molecular formula is C23H22N6O. The predicted octanol–water partition coefficient (Wildman–Crippen LogP) is 3.32. The second kappa shape index (κ2) is 7.26. The van der Waals surface area contributed by atoms with Crippen LogP contribution in [0.1, 0.15) is 5.56 Å². The Morgan fingerprint density at radius 2 is 1.93 bits per heavy atom. The van der Waals surface area contributed by atoms with E-state index in [0.717, 1.165) is 51.7 Å². The SMILES string of the molecule is C=CC(=O)N1CCN(c2cnnc3c(-c4c(C)ccc5[nH]ncc45)cccc23)CC1. The number of H-pyrrole nitrogens is 1. The van der Waals surface area contributed by atoms with E-state index in [0.29, 0.717) is 13.1 Å². The monoisotopic (exact) mass is 398 g/mol. The average molecular weight is 398 g/mol. The van der Waals surface area contributed by atoms with Gasteiger partial charge in [-0.25, -0.2) is 0 Å². The third-order valence-corrected chi connectivity index (χ3v) is 5.86. The highest BCUT2D eigenvalue weighted by molar-refractivity contribution is 6.06. The lowest BCUT2D eigenvalue weighted by Crippen LogP contribution is -2.48. The van der Waals surface area contributed by atoms with Crippen molar-refractivity contribution in [2.75, 3.05) is 31.1 Å². The molecule has 3 heterocycles. The van der Waals surface area contributed by atoms with Crippen LogP contribution in [-0.4, -0.2) is 57.4 Å². The number of rotatable bonds is 3. The normalized spacial score (nSPS) is 14.4. The van der Waals surface area contributed by atoms with Crippen LogP contribution in [0.2, 0.25) is 0 Å². The minimum Gasteiger partial charge on any atom is -0.366 e. The molecule has 0 unspecified atom stereocenters. The largest absolute Gasteiger partial charge is 0.366 e. The van der Waals surface area contributed by atoms with Gasteiger partial charge in [-0.1, -0.05) is 30.8 Å². The number of aromatic nitrogens is 4. The number of hydrogen-bond acceptors (Lipinski definition) is 5. The van der Waals surface area contributed by atoms with Gasteiger partial charge in [0.25, 0.3) is 0 Å². The molecule has 5 rings (SSSR count). The minimum absolute atomic E-state index is 0.0154. The van der Waals surface area contributed by atoms with Gasteiger partial charge in [-0.3, -0.25) is 9.89 Å². The van der Waals surface area contributed by atoms with Gasteiger partial charge in [-0.05, 0) is 30.2 Å². The van der Waals surface area contributed by atoms with Crippen LogP contribution in [-0.2, 0) is 4.79 Å². The standard InChI is InChI=1S/C23H22N6O/c1-3-21(30)29-11-9-28(10-12-29)20-14-25-27-23-16(20)5-4-6-17(23)22-15(2)7-8-19-18(22)13-24-26-19/h3-8,13-14H,1,9-12H2,2H3,(H,24,26). The summed E-state index contributed by atoms with van der Waals surface area (Å²) in [5.41, 5.74) is 6.26. The van der Waals surface area contributed by atoms with E-state index >= 15 is 0 Å². The Bertz CT molecular complexity index is 1270. The van der Waals surface area contributed by atoms with Crippen LogP contribution < -0.4 is 4.90 Å². The lowest BCUT2D eigenvalue weighted by atomic mass is 9.95. The number of fused-ring (bicyclic) bond motifs is 2. The number of nitrogens with one attached hydrogen (secondary N) is 1. The zero-order valence-electron chi connectivity index (χ0n) is 16.8. The summed E-state index contributed by atoms with van der Waals surface area (Å²) in [6, 6.07) is 10.4. The minimum atomic E-state index is -0.0154. The zero-order chi connectivity index (χ0) is 20.7. The molecule has 1 saturated heterocycles. The first-order valence-electron chi connectivity index (χ1n) is 10.0. The van der Waals surface area contributed by atoms with Crippen molar-refractivity contribution in [1.29, 1.82) is 0 Å². The van der Waals surface area contributed by atoms with Gasteiger partial charge >= 0.3 is 0 Å². The summed E-state index contributed by atoms with van der Waals surface area (Å²) < 4.78 is 0. The van der Waals surface area contributed by atoms with E-state index in [2.05, 4.69) is 63.1 Å². The molecule has 1 amide bonds. The van der Waals surface area contributed by atoms with Crippen molar-refractivity contribution in [3.8, 4) is 11.1 Å². The second-order valence-electron chi connectivity index (χ2n) is 7.54. The van der Waals surface area contributed by atoms with Gasteiger partial charge in [0.05, 0.1) is 23.6 Å². The molecule has 4 aromatic rings. The predicted molar refractivity (Wildman–Crippen MR) is 118 cm³/mol. The van der Waals surface area contributed by atoms with Gasteiger partial charge < -0.3 is 9.80 Å². The fourth-order valence-electron chi connectivity index (χ4n) is 4.30. The Balaban J connectivity index is 1.60. The first-order chi connectivity index (χ1) is 14.7. The number of anilines is 1. The number of piperazine rings is 1. The van der Waals surface area contributed by atoms with Crippen LogP contribution in [0.5, 0.6) is 0 Å². The lowest BCUT2D eigenvalue weighted by molar-refractivity contribution is -0.126. The molecule has 0 saturated carbocycles. The number of amides is 1. The second-order valence-corrected chi connectivity index (χ2v) is 7.54. The van der Waals surface area contributed by atoms with Crippen LogP contribution in [0.4, 0.5) is 5.69 Å². The summed E-state index contributed by atoms with van der Waals surface area (Å²) in [6.45, 7) is 8.53. The van der Waals surface area contributed by atoms with Crippen molar-refractivity contribution in [2.24, 2.45) is 0 Å². The van der Waals surface area contributed by atoms with Crippen molar-refractivity contribution in [3.63, 3.8) is 0 Å². The summed E-state index contributed by atoms with van der Waals surface area (Å²) in [6.07, 6.45) is 5.07. The molecule has 0 radical (unpaired) electrons. The van der Waals surface area contributed by atoms with Crippen LogP contribution >= 0.6 is 0 Å². The van der Waals surface area contributed by atoms with Crippen LogP contribution in [0.25, 0.3) is 32.9 Å². The number of aromatic amines is 1. The maximum atomic E-state index is 11.9. The van der Waals surface area contributed by atoms with Crippen molar-refractivity contribution in [3.05, 3.63) is 60.9 Å². The van der Waals surface area contributed by atoms with Crippen LogP contribution in [0.3, 0.4) is 0 Å². The molecule has 30 heavy (non-hydrogen) atoms. The van der Waals surface area contributed by atoms with Gasteiger partial charge in [0, 0.05) is 42.5 Å². The highest BCUT2D eigenvalue weighted by Gasteiger charge is 2.22. The molecule has 1 aliphatic heterocycles.